The highest BCUT2D eigenvalue weighted by molar-refractivity contribution is 6.04. The van der Waals surface area contributed by atoms with Crippen LogP contribution in [0.3, 0.4) is 0 Å². The van der Waals surface area contributed by atoms with Crippen molar-refractivity contribution in [2.24, 2.45) is 0 Å². The van der Waals surface area contributed by atoms with Gasteiger partial charge in [0.1, 0.15) is 0 Å². The van der Waals surface area contributed by atoms with E-state index >= 15 is 0 Å². The van der Waals surface area contributed by atoms with Gasteiger partial charge in [0, 0.05) is 39.9 Å². The molecule has 0 aliphatic rings. The van der Waals surface area contributed by atoms with Gasteiger partial charge in [-0.25, -0.2) is 9.97 Å². The maximum atomic E-state index is 5.07. The third kappa shape index (κ3) is 4.08. The molecule has 0 spiro atoms. The number of aromatic nitrogens is 4. The normalized spacial score (nSPS) is 11.2. The molecule has 0 bridgehead atoms. The molecular weight excluding hydrogens is 464 g/mol. The Hall–Kier alpha value is -5.22. The summed E-state index contributed by atoms with van der Waals surface area (Å²) in [6.45, 7) is 0. The van der Waals surface area contributed by atoms with Crippen molar-refractivity contribution in [2.45, 2.75) is 0 Å². The van der Waals surface area contributed by atoms with Gasteiger partial charge in [-0.05, 0) is 35.9 Å². The molecule has 0 amide bonds. The summed E-state index contributed by atoms with van der Waals surface area (Å²) in [5.74, 6) is 0. The minimum atomic E-state index is 0.864. The van der Waals surface area contributed by atoms with Crippen LogP contribution in [-0.4, -0.2) is 19.9 Å². The molecule has 0 aliphatic heterocycles. The Balaban J connectivity index is 1.23. The lowest BCUT2D eigenvalue weighted by atomic mass is 10.0. The van der Waals surface area contributed by atoms with E-state index in [1.54, 1.807) is 6.20 Å². The van der Waals surface area contributed by atoms with Gasteiger partial charge >= 0.3 is 0 Å². The number of pyridine rings is 4. The van der Waals surface area contributed by atoms with E-state index in [1.165, 1.54) is 0 Å². The Labute approximate surface area is 220 Å². The zero-order chi connectivity index (χ0) is 25.3. The predicted molar refractivity (Wildman–Crippen MR) is 154 cm³/mol. The Kier molecular flexibility index (Phi) is 5.41. The van der Waals surface area contributed by atoms with Crippen molar-refractivity contribution in [2.75, 3.05) is 0 Å². The van der Waals surface area contributed by atoms with Crippen molar-refractivity contribution >= 4 is 21.8 Å². The maximum absolute atomic E-state index is 5.07. The summed E-state index contributed by atoms with van der Waals surface area (Å²) in [6.07, 6.45) is 3.68. The van der Waals surface area contributed by atoms with Crippen molar-refractivity contribution in [1.82, 2.24) is 19.9 Å². The minimum absolute atomic E-state index is 0.864. The van der Waals surface area contributed by atoms with Crippen LogP contribution in [0.4, 0.5) is 0 Å². The second-order valence-electron chi connectivity index (χ2n) is 9.19. The van der Waals surface area contributed by atoms with Gasteiger partial charge in [-0.3, -0.25) is 9.97 Å². The van der Waals surface area contributed by atoms with E-state index in [9.17, 15) is 0 Å². The highest BCUT2D eigenvalue weighted by atomic mass is 14.8. The van der Waals surface area contributed by atoms with Crippen molar-refractivity contribution < 1.29 is 0 Å². The summed E-state index contributed by atoms with van der Waals surface area (Å²) in [7, 11) is 0. The number of fused-ring (bicyclic) bond motifs is 3. The van der Waals surface area contributed by atoms with E-state index in [2.05, 4.69) is 88.8 Å². The van der Waals surface area contributed by atoms with Crippen LogP contribution >= 0.6 is 0 Å². The molecule has 178 valence electrons. The Morgan fingerprint density at radius 2 is 0.868 bits per heavy atom. The highest BCUT2D eigenvalue weighted by Gasteiger charge is 2.09. The Morgan fingerprint density at radius 1 is 0.342 bits per heavy atom. The van der Waals surface area contributed by atoms with Gasteiger partial charge in [0.25, 0.3) is 0 Å². The molecule has 0 saturated heterocycles. The maximum Gasteiger partial charge on any atom is 0.0972 e. The van der Waals surface area contributed by atoms with Crippen LogP contribution < -0.4 is 0 Å². The third-order valence-electron chi connectivity index (χ3n) is 6.79. The van der Waals surface area contributed by atoms with E-state index in [1.807, 2.05) is 48.7 Å². The fourth-order valence-electron chi connectivity index (χ4n) is 4.76. The smallest absolute Gasteiger partial charge is 0.0972 e. The zero-order valence-electron chi connectivity index (χ0n) is 20.5. The van der Waals surface area contributed by atoms with Crippen LogP contribution in [0.5, 0.6) is 0 Å². The number of rotatable bonds is 4. The largest absolute Gasteiger partial charge is 0.255 e. The molecule has 0 fully saturated rings. The first-order valence-corrected chi connectivity index (χ1v) is 12.6. The summed E-state index contributed by atoms with van der Waals surface area (Å²) >= 11 is 0. The van der Waals surface area contributed by atoms with Gasteiger partial charge in [-0.2, -0.15) is 0 Å². The lowest BCUT2D eigenvalue weighted by Crippen LogP contribution is -1.91. The van der Waals surface area contributed by atoms with E-state index < -0.39 is 0 Å². The van der Waals surface area contributed by atoms with E-state index in [0.29, 0.717) is 0 Å². The Morgan fingerprint density at radius 3 is 1.47 bits per heavy atom. The first-order valence-electron chi connectivity index (χ1n) is 12.6. The zero-order valence-corrected chi connectivity index (χ0v) is 20.5. The number of hydrogen-bond acceptors (Lipinski definition) is 4. The molecule has 4 nitrogen and oxygen atoms in total. The van der Waals surface area contributed by atoms with Crippen LogP contribution in [-0.2, 0) is 0 Å². The molecule has 38 heavy (non-hydrogen) atoms. The standard InChI is InChI=1S/C34H22N4/c1-2-6-24(7-3-1)29-18-15-26-13-14-27-16-19-30(38-34(27)33(26)37-29)25-11-9-23(10-12-25)28-17-20-32(36-22-28)31-8-4-5-21-35-31/h1-22H. The lowest BCUT2D eigenvalue weighted by Gasteiger charge is -2.09. The van der Waals surface area contributed by atoms with Gasteiger partial charge in [0.15, 0.2) is 0 Å². The molecule has 0 N–H and O–H groups in total. The summed E-state index contributed by atoms with van der Waals surface area (Å²) in [4.78, 5) is 19.1. The number of hydrogen-bond donors (Lipinski definition) is 0. The van der Waals surface area contributed by atoms with E-state index in [-0.39, 0.29) is 0 Å². The van der Waals surface area contributed by atoms with E-state index in [4.69, 9.17) is 9.97 Å². The second-order valence-corrected chi connectivity index (χ2v) is 9.19. The number of nitrogens with zero attached hydrogens (tertiary/aromatic N) is 4. The summed E-state index contributed by atoms with van der Waals surface area (Å²) in [5, 5.41) is 2.16. The average molecular weight is 487 g/mol. The van der Waals surface area contributed by atoms with Gasteiger partial charge < -0.3 is 0 Å². The quantitative estimate of drug-likeness (QED) is 0.235. The molecule has 7 rings (SSSR count). The van der Waals surface area contributed by atoms with Crippen LogP contribution in [0.25, 0.3) is 66.8 Å². The molecule has 4 aromatic heterocycles. The van der Waals surface area contributed by atoms with Gasteiger partial charge in [-0.15, -0.1) is 0 Å². The van der Waals surface area contributed by atoms with Crippen LogP contribution in [0, 0.1) is 0 Å². The topological polar surface area (TPSA) is 51.6 Å². The van der Waals surface area contributed by atoms with Crippen LogP contribution in [0.2, 0.25) is 0 Å². The molecule has 4 heterocycles. The lowest BCUT2D eigenvalue weighted by molar-refractivity contribution is 1.25. The highest BCUT2D eigenvalue weighted by Crippen LogP contribution is 2.30. The fourth-order valence-corrected chi connectivity index (χ4v) is 4.76. The molecule has 7 aromatic rings. The molecule has 0 atom stereocenters. The SMILES string of the molecule is c1ccc(-c2ccc3ccc4ccc(-c5ccc(-c6ccc(-c7ccccn7)nc6)cc5)nc4c3n2)cc1. The van der Waals surface area contributed by atoms with Crippen molar-refractivity contribution in [1.29, 1.82) is 0 Å². The van der Waals surface area contributed by atoms with Crippen molar-refractivity contribution in [3.05, 3.63) is 134 Å². The average Bonchev–Trinajstić information content (AvgIpc) is 3.01. The monoisotopic (exact) mass is 486 g/mol. The Bertz CT molecular complexity index is 1880. The fraction of sp³-hybridized carbons (Fsp3) is 0. The van der Waals surface area contributed by atoms with Gasteiger partial charge in [-0.1, -0.05) is 91.0 Å². The van der Waals surface area contributed by atoms with Crippen LogP contribution in [0.1, 0.15) is 0 Å². The summed E-state index contributed by atoms with van der Waals surface area (Å²) in [6, 6.07) is 41.3. The molecule has 0 aliphatic carbocycles. The van der Waals surface area contributed by atoms with Crippen molar-refractivity contribution in [3.63, 3.8) is 0 Å². The van der Waals surface area contributed by atoms with Gasteiger partial charge in [0.2, 0.25) is 0 Å². The molecular formula is C34H22N4. The first kappa shape index (κ1) is 22.0. The molecule has 3 aromatic carbocycles. The molecule has 0 radical (unpaired) electrons. The van der Waals surface area contributed by atoms with E-state index in [0.717, 1.165) is 66.8 Å². The third-order valence-corrected chi connectivity index (χ3v) is 6.79. The summed E-state index contributed by atoms with van der Waals surface area (Å²) in [5.41, 5.74) is 9.76. The molecule has 4 heteroatoms. The van der Waals surface area contributed by atoms with Crippen LogP contribution in [0.15, 0.2) is 134 Å². The van der Waals surface area contributed by atoms with Crippen molar-refractivity contribution in [3.8, 4) is 45.0 Å². The molecule has 0 saturated carbocycles. The summed E-state index contributed by atoms with van der Waals surface area (Å²) < 4.78 is 0. The second kappa shape index (κ2) is 9.34. The minimum Gasteiger partial charge on any atom is -0.255 e. The predicted octanol–water partition coefficient (Wildman–Crippen LogP) is 8.24. The number of benzene rings is 3. The molecule has 0 unspecified atom stereocenters. The first-order chi connectivity index (χ1) is 18.8. The van der Waals surface area contributed by atoms with Gasteiger partial charge in [0.05, 0.1) is 33.8 Å².